The Balaban J connectivity index is 1.41. The van der Waals surface area contributed by atoms with Gasteiger partial charge in [-0.15, -0.1) is 0 Å². The Labute approximate surface area is 215 Å². The van der Waals surface area contributed by atoms with Crippen LogP contribution in [-0.4, -0.2) is 37.4 Å². The monoisotopic (exact) mass is 493 g/mol. The van der Waals surface area contributed by atoms with E-state index in [2.05, 4.69) is 5.32 Å². The highest BCUT2D eigenvalue weighted by Crippen LogP contribution is 2.55. The van der Waals surface area contributed by atoms with Gasteiger partial charge in [-0.1, -0.05) is 72.8 Å². The third kappa shape index (κ3) is 3.27. The van der Waals surface area contributed by atoms with E-state index >= 15 is 0 Å². The van der Waals surface area contributed by atoms with Gasteiger partial charge in [0.25, 0.3) is 5.91 Å². The fraction of sp³-hybridized carbons (Fsp3) is 0.233. The Morgan fingerprint density at radius 1 is 0.892 bits per heavy atom. The number of anilines is 2. The molecule has 0 aromatic heterocycles. The topological polar surface area (TPSA) is 79.0 Å². The number of rotatable bonds is 5. The largest absolute Gasteiger partial charge is 0.495 e. The molecule has 186 valence electrons. The average Bonchev–Trinajstić information content (AvgIpc) is 3.47. The highest BCUT2D eigenvalue weighted by Gasteiger charge is 2.71. The van der Waals surface area contributed by atoms with E-state index in [0.29, 0.717) is 18.0 Å². The lowest BCUT2D eigenvalue weighted by atomic mass is 9.76. The second-order valence-corrected chi connectivity index (χ2v) is 9.67. The molecule has 6 rings (SSSR count). The lowest BCUT2D eigenvalue weighted by molar-refractivity contribution is -0.132. The van der Waals surface area contributed by atoms with Crippen LogP contribution in [0.15, 0.2) is 84.9 Å². The second-order valence-electron chi connectivity index (χ2n) is 9.67. The lowest BCUT2D eigenvalue weighted by Crippen LogP contribution is -2.55. The number of methoxy groups -OCH3 is 1. The first-order chi connectivity index (χ1) is 18.0. The summed E-state index contributed by atoms with van der Waals surface area (Å²) in [7, 11) is 1.51. The van der Waals surface area contributed by atoms with Crippen LogP contribution in [0.5, 0.6) is 5.75 Å². The van der Waals surface area contributed by atoms with Crippen LogP contribution < -0.4 is 19.9 Å². The van der Waals surface area contributed by atoms with Crippen molar-refractivity contribution < 1.29 is 19.1 Å². The molecular formula is C30H27N3O4. The highest BCUT2D eigenvalue weighted by atomic mass is 16.5. The molecule has 4 atom stereocenters. The van der Waals surface area contributed by atoms with Gasteiger partial charge in [0, 0.05) is 23.8 Å². The van der Waals surface area contributed by atoms with Crippen LogP contribution in [0.3, 0.4) is 0 Å². The number of hydrogen-bond donors (Lipinski definition) is 1. The fourth-order valence-corrected chi connectivity index (χ4v) is 6.20. The van der Waals surface area contributed by atoms with Crippen LogP contribution in [0.1, 0.15) is 18.1 Å². The molecular weight excluding hydrogens is 466 g/mol. The normalized spacial score (nSPS) is 26.4. The summed E-state index contributed by atoms with van der Waals surface area (Å²) in [6.45, 7) is 2.22. The van der Waals surface area contributed by atoms with Gasteiger partial charge in [0.1, 0.15) is 11.3 Å². The van der Waals surface area contributed by atoms with Gasteiger partial charge in [-0.3, -0.25) is 19.7 Å². The molecule has 3 aliphatic heterocycles. The zero-order valence-electron chi connectivity index (χ0n) is 20.6. The molecule has 2 fully saturated rings. The molecule has 1 N–H and O–H groups in total. The fourth-order valence-electron chi connectivity index (χ4n) is 6.20. The van der Waals surface area contributed by atoms with Crippen LogP contribution in [0.25, 0.3) is 6.08 Å². The number of imide groups is 1. The molecule has 7 nitrogen and oxygen atoms in total. The summed E-state index contributed by atoms with van der Waals surface area (Å²) < 4.78 is 5.45. The van der Waals surface area contributed by atoms with Crippen LogP contribution in [0.2, 0.25) is 0 Å². The molecule has 3 aromatic rings. The van der Waals surface area contributed by atoms with Crippen molar-refractivity contribution in [2.45, 2.75) is 18.5 Å². The summed E-state index contributed by atoms with van der Waals surface area (Å²) in [5, 5.41) is 3.42. The Morgan fingerprint density at radius 2 is 1.57 bits per heavy atom. The predicted octanol–water partition coefficient (Wildman–Crippen LogP) is 3.75. The first-order valence-corrected chi connectivity index (χ1v) is 12.4. The van der Waals surface area contributed by atoms with Crippen molar-refractivity contribution in [2.75, 3.05) is 23.5 Å². The molecule has 4 unspecified atom stereocenters. The van der Waals surface area contributed by atoms with E-state index in [4.69, 9.17) is 4.74 Å². The molecule has 0 aliphatic carbocycles. The number of hydrogen-bond acceptors (Lipinski definition) is 5. The van der Waals surface area contributed by atoms with Crippen molar-refractivity contribution >= 4 is 35.2 Å². The minimum absolute atomic E-state index is 0.214. The van der Waals surface area contributed by atoms with Crippen LogP contribution in [0, 0.1) is 11.8 Å². The average molecular weight is 494 g/mol. The summed E-state index contributed by atoms with van der Waals surface area (Å²) in [5.74, 6) is -2.02. The molecule has 1 spiro atoms. The third-order valence-corrected chi connectivity index (χ3v) is 7.74. The van der Waals surface area contributed by atoms with Gasteiger partial charge in [-0.25, -0.2) is 4.90 Å². The first-order valence-electron chi connectivity index (χ1n) is 12.4. The van der Waals surface area contributed by atoms with Crippen molar-refractivity contribution in [3.05, 3.63) is 96.1 Å². The molecule has 3 heterocycles. The molecule has 2 saturated heterocycles. The van der Waals surface area contributed by atoms with E-state index in [1.54, 1.807) is 29.2 Å². The summed E-state index contributed by atoms with van der Waals surface area (Å²) in [5.41, 5.74) is 1.61. The van der Waals surface area contributed by atoms with E-state index < -0.39 is 17.4 Å². The molecule has 7 heteroatoms. The molecule has 0 bridgehead atoms. The van der Waals surface area contributed by atoms with E-state index in [-0.39, 0.29) is 23.8 Å². The van der Waals surface area contributed by atoms with Crippen LogP contribution in [-0.2, 0) is 19.9 Å². The number of benzene rings is 3. The molecule has 0 saturated carbocycles. The first kappa shape index (κ1) is 23.2. The van der Waals surface area contributed by atoms with E-state index in [9.17, 15) is 14.4 Å². The van der Waals surface area contributed by atoms with Gasteiger partial charge in [-0.05, 0) is 30.7 Å². The maximum Gasteiger partial charge on any atom is 0.253 e. The van der Waals surface area contributed by atoms with Gasteiger partial charge in [0.15, 0.2) is 0 Å². The number of ether oxygens (including phenoxy) is 1. The van der Waals surface area contributed by atoms with Crippen molar-refractivity contribution in [1.82, 2.24) is 5.32 Å². The van der Waals surface area contributed by atoms with Crippen molar-refractivity contribution in [1.29, 1.82) is 0 Å². The van der Waals surface area contributed by atoms with Crippen molar-refractivity contribution in [3.8, 4) is 5.75 Å². The van der Waals surface area contributed by atoms with Gasteiger partial charge < -0.3 is 9.64 Å². The molecule has 3 aliphatic rings. The number of fused-ring (bicyclic) bond motifs is 4. The van der Waals surface area contributed by atoms with Gasteiger partial charge in [0.05, 0.1) is 24.6 Å². The number of carbonyl (C=O) groups excluding carboxylic acids is 3. The minimum Gasteiger partial charge on any atom is -0.495 e. The standard InChI is InChI=1S/C30H27N3O4/c1-19-25-26(28(35)33(27(25)34)23-16-8-9-17-24(23)37-2)30(31-19)21-14-6-7-15-22(21)32(29(30)36)18-10-13-20-11-4-3-5-12-20/h3-17,19,25-26,31H,18H2,1-2H3/b13-10-. The Hall–Kier alpha value is -4.23. The highest BCUT2D eigenvalue weighted by molar-refractivity contribution is 6.26. The van der Waals surface area contributed by atoms with Crippen molar-refractivity contribution in [3.63, 3.8) is 0 Å². The van der Waals surface area contributed by atoms with Gasteiger partial charge in [0.2, 0.25) is 11.8 Å². The Bertz CT molecular complexity index is 1440. The third-order valence-electron chi connectivity index (χ3n) is 7.74. The number of nitrogens with one attached hydrogen (secondary N) is 1. The quantitative estimate of drug-likeness (QED) is 0.548. The maximum atomic E-state index is 14.3. The number of nitrogens with zero attached hydrogens (tertiary/aromatic N) is 2. The SMILES string of the molecule is COc1ccccc1N1C(=O)C2C(C)NC3(C(=O)N(C/C=C\c4ccccc4)c4ccccc43)C2C1=O. The summed E-state index contributed by atoms with van der Waals surface area (Å²) in [6, 6.07) is 24.0. The van der Waals surface area contributed by atoms with Gasteiger partial charge in [-0.2, -0.15) is 0 Å². The number of para-hydroxylation sites is 3. The lowest BCUT2D eigenvalue weighted by Gasteiger charge is -2.30. The van der Waals surface area contributed by atoms with E-state index in [1.165, 1.54) is 12.0 Å². The van der Waals surface area contributed by atoms with Crippen LogP contribution in [0.4, 0.5) is 11.4 Å². The zero-order valence-corrected chi connectivity index (χ0v) is 20.6. The maximum absolute atomic E-state index is 14.3. The minimum atomic E-state index is -1.31. The van der Waals surface area contributed by atoms with Crippen LogP contribution >= 0.6 is 0 Å². The van der Waals surface area contributed by atoms with E-state index in [0.717, 1.165) is 16.8 Å². The van der Waals surface area contributed by atoms with Crippen molar-refractivity contribution in [2.24, 2.45) is 11.8 Å². The second kappa shape index (κ2) is 8.71. The zero-order chi connectivity index (χ0) is 25.7. The molecule has 3 amide bonds. The van der Waals surface area contributed by atoms with E-state index in [1.807, 2.05) is 73.7 Å². The Kier molecular flexibility index (Phi) is 5.46. The Morgan fingerprint density at radius 3 is 2.32 bits per heavy atom. The summed E-state index contributed by atoms with van der Waals surface area (Å²) >= 11 is 0. The summed E-state index contributed by atoms with van der Waals surface area (Å²) in [4.78, 5) is 45.0. The summed E-state index contributed by atoms with van der Waals surface area (Å²) in [6.07, 6.45) is 3.92. The molecule has 0 radical (unpaired) electrons. The number of amides is 3. The molecule has 37 heavy (non-hydrogen) atoms. The smallest absolute Gasteiger partial charge is 0.253 e. The number of carbonyl (C=O) groups is 3. The molecule has 3 aromatic carbocycles. The predicted molar refractivity (Wildman–Crippen MR) is 141 cm³/mol. The van der Waals surface area contributed by atoms with Gasteiger partial charge >= 0.3 is 0 Å².